The fraction of sp³-hybridized carbons (Fsp3) is 0.200. The largest absolute Gasteiger partial charge is 0.493 e. The molecule has 82 valence electrons. The van der Waals surface area contributed by atoms with Crippen LogP contribution in [0.25, 0.3) is 0 Å². The topological polar surface area (TPSA) is 9.23 Å². The molecule has 16 heavy (non-hydrogen) atoms. The Morgan fingerprint density at radius 3 is 2.25 bits per heavy atom. The van der Waals surface area contributed by atoms with Gasteiger partial charge < -0.3 is 4.74 Å². The maximum Gasteiger partial charge on any atom is 0.119 e. The summed E-state index contributed by atoms with van der Waals surface area (Å²) >= 11 is 0. The molecule has 0 saturated carbocycles. The number of ether oxygens (including phenoxy) is 1. The van der Waals surface area contributed by atoms with E-state index in [0.717, 1.165) is 18.8 Å². The molecule has 2 aromatic rings. The number of aryl methyl sites for hydroxylation is 1. The van der Waals surface area contributed by atoms with Crippen LogP contribution < -0.4 is 4.74 Å². The second-order valence-corrected chi connectivity index (χ2v) is 3.90. The summed E-state index contributed by atoms with van der Waals surface area (Å²) in [4.78, 5) is 0. The van der Waals surface area contributed by atoms with E-state index >= 15 is 0 Å². The Kier molecular flexibility index (Phi) is 3.60. The molecule has 0 aliphatic heterocycles. The van der Waals surface area contributed by atoms with Crippen molar-refractivity contribution in [3.63, 3.8) is 0 Å². The summed E-state index contributed by atoms with van der Waals surface area (Å²) in [5.74, 6) is 0.939. The minimum Gasteiger partial charge on any atom is -0.493 e. The number of hydrogen-bond donors (Lipinski definition) is 0. The highest BCUT2D eigenvalue weighted by Gasteiger charge is 1.94. The first-order chi connectivity index (χ1) is 7.84. The third-order valence-corrected chi connectivity index (χ3v) is 2.52. The highest BCUT2D eigenvalue weighted by molar-refractivity contribution is 5.23. The minimum absolute atomic E-state index is 0.729. The summed E-state index contributed by atoms with van der Waals surface area (Å²) in [6.07, 6.45) is 0.954. The molecule has 0 spiro atoms. The molecule has 0 aromatic heterocycles. The van der Waals surface area contributed by atoms with E-state index in [4.69, 9.17) is 4.74 Å². The highest BCUT2D eigenvalue weighted by atomic mass is 16.5. The lowest BCUT2D eigenvalue weighted by molar-refractivity contribution is 0.322. The van der Waals surface area contributed by atoms with Crippen molar-refractivity contribution < 1.29 is 4.74 Å². The third kappa shape index (κ3) is 3.13. The maximum atomic E-state index is 5.64. The molecule has 0 heterocycles. The van der Waals surface area contributed by atoms with Crippen molar-refractivity contribution in [1.29, 1.82) is 0 Å². The number of benzene rings is 2. The quantitative estimate of drug-likeness (QED) is 0.752. The smallest absolute Gasteiger partial charge is 0.119 e. The second kappa shape index (κ2) is 5.36. The number of rotatable bonds is 4. The van der Waals surface area contributed by atoms with Crippen molar-refractivity contribution in [3.8, 4) is 5.75 Å². The molecule has 2 rings (SSSR count). The third-order valence-electron chi connectivity index (χ3n) is 2.52. The number of para-hydroxylation sites is 1. The van der Waals surface area contributed by atoms with Crippen molar-refractivity contribution in [2.45, 2.75) is 13.3 Å². The molecular weight excluding hydrogens is 196 g/mol. The molecule has 0 radical (unpaired) electrons. The van der Waals surface area contributed by atoms with Crippen LogP contribution in [-0.2, 0) is 6.42 Å². The summed E-state index contributed by atoms with van der Waals surface area (Å²) in [5.41, 5.74) is 2.62. The normalized spacial score (nSPS) is 10.1. The van der Waals surface area contributed by atoms with E-state index in [-0.39, 0.29) is 0 Å². The van der Waals surface area contributed by atoms with Crippen LogP contribution in [0.2, 0.25) is 0 Å². The molecule has 2 aromatic carbocycles. The van der Waals surface area contributed by atoms with Crippen LogP contribution in [0.1, 0.15) is 11.1 Å². The van der Waals surface area contributed by atoms with Gasteiger partial charge in [-0.1, -0.05) is 48.0 Å². The Morgan fingerprint density at radius 1 is 0.875 bits per heavy atom. The lowest BCUT2D eigenvalue weighted by Gasteiger charge is -2.06. The van der Waals surface area contributed by atoms with Gasteiger partial charge in [0, 0.05) is 6.42 Å². The minimum atomic E-state index is 0.729. The highest BCUT2D eigenvalue weighted by Crippen LogP contribution is 2.09. The second-order valence-electron chi connectivity index (χ2n) is 3.90. The Hall–Kier alpha value is -1.76. The van der Waals surface area contributed by atoms with Gasteiger partial charge in [-0.3, -0.25) is 0 Å². The van der Waals surface area contributed by atoms with E-state index in [1.807, 2.05) is 30.3 Å². The lowest BCUT2D eigenvalue weighted by atomic mass is 10.1. The Balaban J connectivity index is 1.82. The van der Waals surface area contributed by atoms with Crippen LogP contribution in [-0.4, -0.2) is 6.61 Å². The van der Waals surface area contributed by atoms with Gasteiger partial charge in [-0.15, -0.1) is 0 Å². The van der Waals surface area contributed by atoms with E-state index in [9.17, 15) is 0 Å². The van der Waals surface area contributed by atoms with Crippen LogP contribution in [0, 0.1) is 6.92 Å². The molecule has 1 nitrogen and oxygen atoms in total. The van der Waals surface area contributed by atoms with Crippen LogP contribution in [0.5, 0.6) is 5.75 Å². The fourth-order valence-electron chi connectivity index (χ4n) is 1.56. The molecule has 1 heteroatoms. The molecule has 0 saturated heterocycles. The first-order valence-corrected chi connectivity index (χ1v) is 5.58. The van der Waals surface area contributed by atoms with Crippen molar-refractivity contribution in [1.82, 2.24) is 0 Å². The molecule has 0 amide bonds. The van der Waals surface area contributed by atoms with Gasteiger partial charge in [0.05, 0.1) is 6.61 Å². The van der Waals surface area contributed by atoms with Gasteiger partial charge in [-0.25, -0.2) is 0 Å². The van der Waals surface area contributed by atoms with Gasteiger partial charge in [0.25, 0.3) is 0 Å². The van der Waals surface area contributed by atoms with E-state index in [1.165, 1.54) is 11.1 Å². The SMILES string of the molecule is Cc1ccc(CCOc2ccccc2)cc1. The summed E-state index contributed by atoms with van der Waals surface area (Å²) in [6, 6.07) is 18.5. The molecule has 0 aliphatic carbocycles. The van der Waals surface area contributed by atoms with Crippen LogP contribution in [0.3, 0.4) is 0 Å². The Labute approximate surface area is 96.7 Å². The molecule has 0 unspecified atom stereocenters. The zero-order valence-electron chi connectivity index (χ0n) is 9.52. The summed E-state index contributed by atoms with van der Waals surface area (Å²) in [7, 11) is 0. The molecule has 0 aliphatic rings. The van der Waals surface area contributed by atoms with Gasteiger partial charge in [0.15, 0.2) is 0 Å². The van der Waals surface area contributed by atoms with Crippen molar-refractivity contribution in [2.75, 3.05) is 6.61 Å². The Morgan fingerprint density at radius 2 is 1.56 bits per heavy atom. The first-order valence-electron chi connectivity index (χ1n) is 5.58. The lowest BCUT2D eigenvalue weighted by Crippen LogP contribution is -2.00. The average Bonchev–Trinajstić information content (AvgIpc) is 2.33. The Bertz CT molecular complexity index is 417. The van der Waals surface area contributed by atoms with Gasteiger partial charge >= 0.3 is 0 Å². The van der Waals surface area contributed by atoms with E-state index in [1.54, 1.807) is 0 Å². The molecule has 0 N–H and O–H groups in total. The average molecular weight is 212 g/mol. The van der Waals surface area contributed by atoms with E-state index < -0.39 is 0 Å². The maximum absolute atomic E-state index is 5.64. The molecular formula is C15H16O. The van der Waals surface area contributed by atoms with Crippen molar-refractivity contribution >= 4 is 0 Å². The van der Waals surface area contributed by atoms with Crippen molar-refractivity contribution in [3.05, 3.63) is 65.7 Å². The number of hydrogen-bond acceptors (Lipinski definition) is 1. The summed E-state index contributed by atoms with van der Waals surface area (Å²) in [6.45, 7) is 2.83. The van der Waals surface area contributed by atoms with E-state index in [2.05, 4.69) is 31.2 Å². The van der Waals surface area contributed by atoms with Gasteiger partial charge in [-0.2, -0.15) is 0 Å². The molecule has 0 bridgehead atoms. The monoisotopic (exact) mass is 212 g/mol. The predicted molar refractivity (Wildman–Crippen MR) is 66.8 cm³/mol. The predicted octanol–water partition coefficient (Wildman–Crippen LogP) is 3.62. The van der Waals surface area contributed by atoms with Crippen LogP contribution >= 0.6 is 0 Å². The van der Waals surface area contributed by atoms with Crippen molar-refractivity contribution in [2.24, 2.45) is 0 Å². The fourth-order valence-corrected chi connectivity index (χ4v) is 1.56. The van der Waals surface area contributed by atoms with Gasteiger partial charge in [0.2, 0.25) is 0 Å². The summed E-state index contributed by atoms with van der Waals surface area (Å²) in [5, 5.41) is 0. The zero-order valence-corrected chi connectivity index (χ0v) is 9.52. The van der Waals surface area contributed by atoms with E-state index in [0.29, 0.717) is 0 Å². The standard InChI is InChI=1S/C15H16O/c1-13-7-9-14(10-8-13)11-12-16-15-5-3-2-4-6-15/h2-10H,11-12H2,1H3. The van der Waals surface area contributed by atoms with Gasteiger partial charge in [-0.05, 0) is 24.6 Å². The van der Waals surface area contributed by atoms with Gasteiger partial charge in [0.1, 0.15) is 5.75 Å². The summed E-state index contributed by atoms with van der Waals surface area (Å²) < 4.78 is 5.64. The first kappa shape index (κ1) is 10.7. The molecule has 0 atom stereocenters. The molecule has 0 fully saturated rings. The van der Waals surface area contributed by atoms with Crippen LogP contribution in [0.4, 0.5) is 0 Å². The van der Waals surface area contributed by atoms with Crippen LogP contribution in [0.15, 0.2) is 54.6 Å². The zero-order chi connectivity index (χ0) is 11.2.